The van der Waals surface area contributed by atoms with Gasteiger partial charge in [-0.3, -0.25) is 0 Å². The lowest BCUT2D eigenvalue weighted by Crippen LogP contribution is -2.69. The van der Waals surface area contributed by atoms with Crippen molar-refractivity contribution in [2.45, 2.75) is 130 Å². The summed E-state index contributed by atoms with van der Waals surface area (Å²) in [5.74, 6) is 0.744. The Morgan fingerprint density at radius 2 is 1.02 bits per heavy atom. The van der Waals surface area contributed by atoms with Crippen LogP contribution in [0.2, 0.25) is 0 Å². The Balaban J connectivity index is 1.36. The minimum Gasteiger partial charge on any atom is -0.497 e. The van der Waals surface area contributed by atoms with E-state index in [1.54, 1.807) is 12.1 Å². The second-order valence-corrected chi connectivity index (χ2v) is 13.0. The molecule has 20 atom stereocenters. The van der Waals surface area contributed by atoms with E-state index < -0.39 is 143 Å². The predicted octanol–water partition coefficient (Wildman–Crippen LogP) is -6.66. The van der Waals surface area contributed by atoms with Crippen LogP contribution in [-0.4, -0.2) is 206 Å². The van der Waals surface area contributed by atoms with Crippen LogP contribution >= 0.6 is 0 Å². The molecule has 0 spiro atoms. The van der Waals surface area contributed by atoms with Gasteiger partial charge in [-0.15, -0.1) is 0 Å². The Morgan fingerprint density at radius 3 is 1.62 bits per heavy atom. The number of nitrogens with two attached hydrogens (primary N) is 1. The first kappa shape index (κ1) is 41.2. The highest BCUT2D eigenvalue weighted by atomic mass is 16.8. The van der Waals surface area contributed by atoms with Gasteiger partial charge < -0.3 is 105 Å². The largest absolute Gasteiger partial charge is 0.497 e. The highest BCUT2D eigenvalue weighted by Crippen LogP contribution is 2.35. The lowest BCUT2D eigenvalue weighted by Gasteiger charge is -2.49. The monoisotopic (exact) mass is 755 g/mol. The third kappa shape index (κ3) is 8.48. The molecule has 13 N–H and O–H groups in total. The Kier molecular flexibility index (Phi) is 14.0. The minimum atomic E-state index is -1.90. The van der Waals surface area contributed by atoms with Crippen molar-refractivity contribution in [2.75, 3.05) is 26.9 Å². The average Bonchev–Trinajstić information content (AvgIpc) is 3.14. The summed E-state index contributed by atoms with van der Waals surface area (Å²) >= 11 is 0. The Labute approximate surface area is 297 Å². The zero-order valence-electron chi connectivity index (χ0n) is 28.1. The highest BCUT2D eigenvalue weighted by Gasteiger charge is 2.55. The molecule has 0 bridgehead atoms. The van der Waals surface area contributed by atoms with Crippen molar-refractivity contribution in [2.24, 2.45) is 5.73 Å². The molecule has 0 aromatic heterocycles. The quantitative estimate of drug-likeness (QED) is 0.0943. The molecule has 0 unspecified atom stereocenters. The van der Waals surface area contributed by atoms with Crippen molar-refractivity contribution in [3.8, 4) is 11.5 Å². The molecule has 52 heavy (non-hydrogen) atoms. The zero-order valence-corrected chi connectivity index (χ0v) is 28.1. The summed E-state index contributed by atoms with van der Waals surface area (Å²) in [6, 6.07) is 4.67. The second-order valence-electron chi connectivity index (χ2n) is 13.0. The van der Waals surface area contributed by atoms with Crippen molar-refractivity contribution in [3.63, 3.8) is 0 Å². The van der Waals surface area contributed by atoms with Gasteiger partial charge in [0.15, 0.2) is 18.9 Å². The molecular formula is C31H49NO20. The first-order chi connectivity index (χ1) is 24.7. The van der Waals surface area contributed by atoms with Crippen LogP contribution in [0, 0.1) is 0 Å². The molecule has 4 saturated heterocycles. The van der Waals surface area contributed by atoms with Gasteiger partial charge >= 0.3 is 0 Å². The van der Waals surface area contributed by atoms with Crippen molar-refractivity contribution in [3.05, 3.63) is 24.3 Å². The molecular weight excluding hydrogens is 706 g/mol. The third-order valence-corrected chi connectivity index (χ3v) is 9.54. The van der Waals surface area contributed by atoms with Gasteiger partial charge in [0.05, 0.1) is 39.1 Å². The van der Waals surface area contributed by atoms with E-state index in [1.165, 1.54) is 26.2 Å². The van der Waals surface area contributed by atoms with E-state index in [0.29, 0.717) is 5.75 Å². The lowest BCUT2D eigenvalue weighted by molar-refractivity contribution is -0.384. The molecule has 4 aliphatic heterocycles. The van der Waals surface area contributed by atoms with E-state index in [2.05, 4.69) is 0 Å². The zero-order chi connectivity index (χ0) is 38.0. The molecule has 1 aromatic rings. The molecule has 4 heterocycles. The van der Waals surface area contributed by atoms with Crippen LogP contribution in [0.1, 0.15) is 6.92 Å². The van der Waals surface area contributed by atoms with Crippen LogP contribution < -0.4 is 15.2 Å². The Hall–Kier alpha value is -1.94. The molecule has 0 amide bonds. The summed E-state index contributed by atoms with van der Waals surface area (Å²) in [6.45, 7) is -1.01. The summed E-state index contributed by atoms with van der Waals surface area (Å²) in [5.41, 5.74) is 6.45. The van der Waals surface area contributed by atoms with Gasteiger partial charge in [0.2, 0.25) is 6.29 Å². The van der Waals surface area contributed by atoms with Gasteiger partial charge in [-0.1, -0.05) is 0 Å². The van der Waals surface area contributed by atoms with Gasteiger partial charge in [-0.25, -0.2) is 0 Å². The maximum absolute atomic E-state index is 11.2. The van der Waals surface area contributed by atoms with Crippen LogP contribution in [0.5, 0.6) is 11.5 Å². The molecule has 5 rings (SSSR count). The van der Waals surface area contributed by atoms with Gasteiger partial charge in [0, 0.05) is 0 Å². The first-order valence-corrected chi connectivity index (χ1v) is 16.7. The van der Waals surface area contributed by atoms with E-state index in [9.17, 15) is 56.2 Å². The number of benzene rings is 1. The molecule has 4 fully saturated rings. The normalized spacial score (nSPS) is 47.2. The van der Waals surface area contributed by atoms with Crippen LogP contribution in [-0.2, 0) is 33.2 Å². The molecule has 0 aliphatic carbocycles. The third-order valence-electron chi connectivity index (χ3n) is 9.54. The number of ether oxygens (including phenoxy) is 9. The molecule has 298 valence electrons. The van der Waals surface area contributed by atoms with Crippen molar-refractivity contribution < 1.29 is 98.8 Å². The number of aliphatic hydroxyl groups excluding tert-OH is 11. The van der Waals surface area contributed by atoms with Crippen LogP contribution in [0.4, 0.5) is 0 Å². The Bertz CT molecular complexity index is 1250. The summed E-state index contributed by atoms with van der Waals surface area (Å²) in [5, 5.41) is 116. The fraction of sp³-hybridized carbons (Fsp3) is 0.806. The van der Waals surface area contributed by atoms with Crippen LogP contribution in [0.15, 0.2) is 24.3 Å². The van der Waals surface area contributed by atoms with Crippen molar-refractivity contribution in [1.29, 1.82) is 0 Å². The summed E-state index contributed by atoms with van der Waals surface area (Å²) in [6.07, 6.45) is -31.0. The van der Waals surface area contributed by atoms with Crippen molar-refractivity contribution >= 4 is 0 Å². The van der Waals surface area contributed by atoms with Gasteiger partial charge in [-0.05, 0) is 31.2 Å². The SMILES string of the molecule is COc1ccc(O[C@@H]2O[C@H](CO)[C@H](O)[C@H](O[C@@H]3O[C@H](CO)[C@H](O)[C@H](O[C@@H]4O[C@H](CO)[C@H](O)[C@H](O)[C@H]4O[C@@H]4O[C@@H](C)[C@@H](O)[C@@H](O)[C@@H]4O)[C@H]3N)[C@H]2O)cc1. The molecule has 0 radical (unpaired) electrons. The van der Waals surface area contributed by atoms with Crippen LogP contribution in [0.25, 0.3) is 0 Å². The topological polar surface area (TPSA) is 332 Å². The van der Waals surface area contributed by atoms with Crippen molar-refractivity contribution in [1.82, 2.24) is 0 Å². The lowest BCUT2D eigenvalue weighted by atomic mass is 9.95. The molecule has 1 aromatic carbocycles. The minimum absolute atomic E-state index is 0.225. The fourth-order valence-corrected chi connectivity index (χ4v) is 6.38. The predicted molar refractivity (Wildman–Crippen MR) is 166 cm³/mol. The Morgan fingerprint density at radius 1 is 0.519 bits per heavy atom. The summed E-state index contributed by atoms with van der Waals surface area (Å²) < 4.78 is 50.9. The number of aliphatic hydroxyl groups is 11. The van der Waals surface area contributed by atoms with Gasteiger partial charge in [-0.2, -0.15) is 0 Å². The first-order valence-electron chi connectivity index (χ1n) is 16.7. The average molecular weight is 756 g/mol. The van der Waals surface area contributed by atoms with E-state index in [1.807, 2.05) is 0 Å². The molecule has 4 aliphatic rings. The molecule has 0 saturated carbocycles. The van der Waals surface area contributed by atoms with Crippen LogP contribution in [0.3, 0.4) is 0 Å². The maximum Gasteiger partial charge on any atom is 0.229 e. The number of rotatable bonds is 12. The van der Waals surface area contributed by atoms with E-state index in [0.717, 1.165) is 0 Å². The van der Waals surface area contributed by atoms with Gasteiger partial charge in [0.25, 0.3) is 0 Å². The standard InChI is InChI=1S/C31H49NO20/c1-10-17(36)21(40)23(42)29(45-10)52-27-22(41)18(37)13(7-33)49-31(27)50-25-16(32)28(47-14(8-34)19(25)38)51-26-20(39)15(9-35)48-30(24(26)43)46-12-5-3-11(44-2)4-6-12/h3-6,10,13-31,33-43H,7-9,32H2,1-2H3/t10-,13+,14+,15+,16+,17+,18-,19-,20-,21+,22-,23-,24+,25+,26-,27+,28-,29-,30+,31-/m0/s1. The maximum atomic E-state index is 11.2. The summed E-state index contributed by atoms with van der Waals surface area (Å²) in [4.78, 5) is 0. The molecule has 21 heteroatoms. The van der Waals surface area contributed by atoms with E-state index >= 15 is 0 Å². The fourth-order valence-electron chi connectivity index (χ4n) is 6.38. The van der Waals surface area contributed by atoms with Gasteiger partial charge in [0.1, 0.15) is 97.0 Å². The second kappa shape index (κ2) is 17.7. The smallest absolute Gasteiger partial charge is 0.229 e. The highest BCUT2D eigenvalue weighted by molar-refractivity contribution is 5.31. The summed E-state index contributed by atoms with van der Waals surface area (Å²) in [7, 11) is 1.47. The molecule has 21 nitrogen and oxygen atoms in total. The number of hydrogen-bond acceptors (Lipinski definition) is 21. The number of hydrogen-bond donors (Lipinski definition) is 12. The van der Waals surface area contributed by atoms with E-state index in [-0.39, 0.29) is 5.75 Å². The van der Waals surface area contributed by atoms with E-state index in [4.69, 9.17) is 48.4 Å². The number of methoxy groups -OCH3 is 1.